The SMILES string of the molecule is Cc1ccc(S(=O)(=O)NNC(=O)c2cc(C)oc2C)c(C)c1. The van der Waals surface area contributed by atoms with Crippen LogP contribution in [0.3, 0.4) is 0 Å². The fourth-order valence-corrected chi connectivity index (χ4v) is 3.26. The highest BCUT2D eigenvalue weighted by Gasteiger charge is 2.19. The number of hydrazine groups is 1. The maximum atomic E-state index is 12.2. The molecule has 2 aromatic rings. The van der Waals surface area contributed by atoms with Gasteiger partial charge in [-0.1, -0.05) is 17.7 Å². The van der Waals surface area contributed by atoms with E-state index in [2.05, 4.69) is 10.3 Å². The van der Waals surface area contributed by atoms with E-state index in [0.717, 1.165) is 5.56 Å². The molecule has 0 aliphatic carbocycles. The smallest absolute Gasteiger partial charge is 0.269 e. The van der Waals surface area contributed by atoms with Gasteiger partial charge in [0.1, 0.15) is 11.5 Å². The molecule has 0 fully saturated rings. The van der Waals surface area contributed by atoms with Crippen molar-refractivity contribution in [2.24, 2.45) is 0 Å². The van der Waals surface area contributed by atoms with E-state index in [1.165, 1.54) is 6.07 Å². The van der Waals surface area contributed by atoms with E-state index in [9.17, 15) is 13.2 Å². The summed E-state index contributed by atoms with van der Waals surface area (Å²) in [4.78, 5) is 14.2. The van der Waals surface area contributed by atoms with Gasteiger partial charge in [-0.05, 0) is 45.4 Å². The highest BCUT2D eigenvalue weighted by atomic mass is 32.2. The van der Waals surface area contributed by atoms with E-state index in [0.29, 0.717) is 22.6 Å². The molecule has 0 radical (unpaired) electrons. The van der Waals surface area contributed by atoms with Gasteiger partial charge in [-0.15, -0.1) is 4.83 Å². The van der Waals surface area contributed by atoms with Gasteiger partial charge in [0.2, 0.25) is 0 Å². The lowest BCUT2D eigenvalue weighted by Gasteiger charge is -2.10. The van der Waals surface area contributed by atoms with Crippen LogP contribution in [0.5, 0.6) is 0 Å². The van der Waals surface area contributed by atoms with Crippen LogP contribution in [0, 0.1) is 27.7 Å². The second-order valence-electron chi connectivity index (χ2n) is 5.16. The predicted molar refractivity (Wildman–Crippen MR) is 81.9 cm³/mol. The maximum Gasteiger partial charge on any atom is 0.269 e. The van der Waals surface area contributed by atoms with Crippen molar-refractivity contribution >= 4 is 15.9 Å². The lowest BCUT2D eigenvalue weighted by atomic mass is 10.2. The summed E-state index contributed by atoms with van der Waals surface area (Å²) in [5, 5.41) is 0. The van der Waals surface area contributed by atoms with E-state index < -0.39 is 15.9 Å². The number of hydrogen-bond donors (Lipinski definition) is 2. The number of nitrogens with one attached hydrogen (secondary N) is 2. The summed E-state index contributed by atoms with van der Waals surface area (Å²) in [7, 11) is -3.83. The van der Waals surface area contributed by atoms with Crippen LogP contribution < -0.4 is 10.3 Å². The molecule has 0 atom stereocenters. The summed E-state index contributed by atoms with van der Waals surface area (Å²) in [5.74, 6) is 0.447. The Kier molecular flexibility index (Phi) is 4.39. The van der Waals surface area contributed by atoms with Crippen molar-refractivity contribution in [2.75, 3.05) is 0 Å². The molecule has 1 amide bonds. The van der Waals surface area contributed by atoms with Crippen LogP contribution in [0.2, 0.25) is 0 Å². The van der Waals surface area contributed by atoms with Crippen molar-refractivity contribution in [1.82, 2.24) is 10.3 Å². The number of rotatable bonds is 4. The van der Waals surface area contributed by atoms with Crippen molar-refractivity contribution in [1.29, 1.82) is 0 Å². The molecule has 2 rings (SSSR count). The van der Waals surface area contributed by atoms with Gasteiger partial charge in [-0.2, -0.15) is 0 Å². The van der Waals surface area contributed by atoms with Crippen molar-refractivity contribution in [3.8, 4) is 0 Å². The fraction of sp³-hybridized carbons (Fsp3) is 0.267. The molecule has 22 heavy (non-hydrogen) atoms. The quantitative estimate of drug-likeness (QED) is 0.844. The molecule has 1 heterocycles. The second kappa shape index (κ2) is 5.94. The summed E-state index contributed by atoms with van der Waals surface area (Å²) >= 11 is 0. The second-order valence-corrected chi connectivity index (χ2v) is 6.81. The first-order valence-electron chi connectivity index (χ1n) is 6.67. The lowest BCUT2D eigenvalue weighted by molar-refractivity contribution is 0.0943. The van der Waals surface area contributed by atoms with Crippen LogP contribution in [0.25, 0.3) is 0 Å². The molecule has 1 aromatic carbocycles. The number of carbonyl (C=O) groups is 1. The van der Waals surface area contributed by atoms with E-state index in [1.54, 1.807) is 39.0 Å². The monoisotopic (exact) mass is 322 g/mol. The minimum atomic E-state index is -3.83. The Morgan fingerprint density at radius 2 is 1.77 bits per heavy atom. The number of benzene rings is 1. The first-order valence-corrected chi connectivity index (χ1v) is 8.15. The summed E-state index contributed by atoms with van der Waals surface area (Å²) in [6.07, 6.45) is 0. The Bertz CT molecular complexity index is 822. The first-order chi connectivity index (χ1) is 10.2. The molecular weight excluding hydrogens is 304 g/mol. The molecule has 2 N–H and O–H groups in total. The Labute approximate surface area is 129 Å². The summed E-state index contributed by atoms with van der Waals surface area (Å²) in [6, 6.07) is 6.52. The zero-order valence-electron chi connectivity index (χ0n) is 12.9. The number of carbonyl (C=O) groups excluding carboxylic acids is 1. The van der Waals surface area contributed by atoms with Gasteiger partial charge in [0.05, 0.1) is 10.5 Å². The third-order valence-electron chi connectivity index (χ3n) is 3.20. The molecule has 0 spiro atoms. The number of aryl methyl sites for hydroxylation is 4. The molecule has 118 valence electrons. The van der Waals surface area contributed by atoms with Gasteiger partial charge in [-0.3, -0.25) is 10.2 Å². The molecule has 0 aliphatic heterocycles. The van der Waals surface area contributed by atoms with Crippen molar-refractivity contribution < 1.29 is 17.6 Å². The Balaban J connectivity index is 2.16. The van der Waals surface area contributed by atoms with E-state index in [1.807, 2.05) is 6.92 Å². The van der Waals surface area contributed by atoms with Crippen LogP contribution in [-0.4, -0.2) is 14.3 Å². The predicted octanol–water partition coefficient (Wildman–Crippen LogP) is 2.14. The Morgan fingerprint density at radius 1 is 1.09 bits per heavy atom. The minimum Gasteiger partial charge on any atom is -0.466 e. The molecule has 0 unspecified atom stereocenters. The largest absolute Gasteiger partial charge is 0.466 e. The average Bonchev–Trinajstić information content (AvgIpc) is 2.74. The third kappa shape index (κ3) is 3.37. The maximum absolute atomic E-state index is 12.2. The molecule has 0 saturated carbocycles. The van der Waals surface area contributed by atoms with Crippen molar-refractivity contribution in [3.05, 3.63) is 52.5 Å². The molecule has 6 nitrogen and oxygen atoms in total. The number of sulfonamides is 1. The van der Waals surface area contributed by atoms with Crippen molar-refractivity contribution in [2.45, 2.75) is 32.6 Å². The molecule has 7 heteroatoms. The fourth-order valence-electron chi connectivity index (χ4n) is 2.19. The van der Waals surface area contributed by atoms with Crippen molar-refractivity contribution in [3.63, 3.8) is 0 Å². The van der Waals surface area contributed by atoms with Gasteiger partial charge in [0.25, 0.3) is 15.9 Å². The Hall–Kier alpha value is -2.12. The Morgan fingerprint density at radius 3 is 2.32 bits per heavy atom. The van der Waals surface area contributed by atoms with Crippen LogP contribution >= 0.6 is 0 Å². The number of amides is 1. The van der Waals surface area contributed by atoms with E-state index in [-0.39, 0.29) is 4.90 Å². The van der Waals surface area contributed by atoms with Crippen LogP contribution in [0.1, 0.15) is 33.0 Å². The normalized spacial score (nSPS) is 11.5. The van der Waals surface area contributed by atoms with Gasteiger partial charge in [0, 0.05) is 0 Å². The van der Waals surface area contributed by atoms with E-state index in [4.69, 9.17) is 4.42 Å². The number of furan rings is 1. The minimum absolute atomic E-state index is 0.124. The van der Waals surface area contributed by atoms with Gasteiger partial charge in [-0.25, -0.2) is 8.42 Å². The molecular formula is C15H18N2O4S. The molecule has 0 saturated heterocycles. The summed E-state index contributed by atoms with van der Waals surface area (Å²) < 4.78 is 29.7. The van der Waals surface area contributed by atoms with Gasteiger partial charge in [0.15, 0.2) is 0 Å². The van der Waals surface area contributed by atoms with Gasteiger partial charge >= 0.3 is 0 Å². The first kappa shape index (κ1) is 16.3. The lowest BCUT2D eigenvalue weighted by Crippen LogP contribution is -2.41. The highest BCUT2D eigenvalue weighted by molar-refractivity contribution is 7.89. The standard InChI is InChI=1S/C15H18N2O4S/c1-9-5-6-14(10(2)7-9)22(19,20)17-16-15(18)13-8-11(3)21-12(13)4/h5-8,17H,1-4H3,(H,16,18). The average molecular weight is 322 g/mol. The topological polar surface area (TPSA) is 88.4 Å². The molecule has 0 bridgehead atoms. The third-order valence-corrected chi connectivity index (χ3v) is 4.61. The van der Waals surface area contributed by atoms with Crippen LogP contribution in [0.4, 0.5) is 0 Å². The molecule has 1 aromatic heterocycles. The van der Waals surface area contributed by atoms with Crippen LogP contribution in [0.15, 0.2) is 33.6 Å². The summed E-state index contributed by atoms with van der Waals surface area (Å²) in [6.45, 7) is 6.93. The highest BCUT2D eigenvalue weighted by Crippen LogP contribution is 2.16. The molecule has 0 aliphatic rings. The number of hydrogen-bond acceptors (Lipinski definition) is 4. The zero-order chi connectivity index (χ0) is 16.5. The van der Waals surface area contributed by atoms with Gasteiger partial charge < -0.3 is 4.42 Å². The zero-order valence-corrected chi connectivity index (χ0v) is 13.7. The van der Waals surface area contributed by atoms with Crippen LogP contribution in [-0.2, 0) is 10.0 Å². The van der Waals surface area contributed by atoms with E-state index >= 15 is 0 Å². The summed E-state index contributed by atoms with van der Waals surface area (Å²) in [5.41, 5.74) is 4.06.